The molecule has 0 amide bonds. The van der Waals surface area contributed by atoms with Gasteiger partial charge in [-0.25, -0.2) is 0 Å². The Morgan fingerprint density at radius 3 is 2.53 bits per heavy atom. The zero-order valence-electron chi connectivity index (χ0n) is 9.49. The Kier molecular flexibility index (Phi) is 3.33. The van der Waals surface area contributed by atoms with Crippen molar-refractivity contribution in [3.63, 3.8) is 0 Å². The molecule has 3 heteroatoms. The number of hydrogen-bond acceptors (Lipinski definition) is 3. The van der Waals surface area contributed by atoms with Gasteiger partial charge in [-0.15, -0.1) is 0 Å². The molecule has 1 aromatic rings. The zero-order chi connectivity index (χ0) is 11.5. The van der Waals surface area contributed by atoms with E-state index in [1.807, 2.05) is 36.2 Å². The molecule has 0 aliphatic carbocycles. The van der Waals surface area contributed by atoms with Gasteiger partial charge in [0, 0.05) is 19.1 Å². The van der Waals surface area contributed by atoms with Crippen molar-refractivity contribution >= 4 is 5.69 Å². The van der Waals surface area contributed by atoms with E-state index in [4.69, 9.17) is 11.0 Å². The third-order valence-corrected chi connectivity index (χ3v) is 2.79. The molecule has 0 heterocycles. The van der Waals surface area contributed by atoms with Crippen molar-refractivity contribution in [2.45, 2.75) is 19.4 Å². The third kappa shape index (κ3) is 2.28. The van der Waals surface area contributed by atoms with Crippen molar-refractivity contribution in [1.29, 1.82) is 5.26 Å². The molecule has 0 spiro atoms. The minimum Gasteiger partial charge on any atom is -0.367 e. The molecule has 0 saturated carbocycles. The summed E-state index contributed by atoms with van der Waals surface area (Å²) in [6.07, 6.45) is 0. The van der Waals surface area contributed by atoms with E-state index in [-0.39, 0.29) is 5.54 Å². The first-order valence-corrected chi connectivity index (χ1v) is 4.96. The minimum absolute atomic E-state index is 0.146. The van der Waals surface area contributed by atoms with Crippen molar-refractivity contribution in [2.24, 2.45) is 5.73 Å². The summed E-state index contributed by atoms with van der Waals surface area (Å²) in [6, 6.07) is 9.74. The summed E-state index contributed by atoms with van der Waals surface area (Å²) in [5.74, 6) is 0. The van der Waals surface area contributed by atoms with Crippen LogP contribution in [0.3, 0.4) is 0 Å². The number of benzene rings is 1. The number of nitrogens with zero attached hydrogens (tertiary/aromatic N) is 2. The van der Waals surface area contributed by atoms with Crippen molar-refractivity contribution in [2.75, 3.05) is 18.5 Å². The summed E-state index contributed by atoms with van der Waals surface area (Å²) in [7, 11) is 1.96. The van der Waals surface area contributed by atoms with Crippen molar-refractivity contribution in [1.82, 2.24) is 0 Å². The minimum atomic E-state index is -0.146. The topological polar surface area (TPSA) is 53.0 Å². The highest BCUT2D eigenvalue weighted by Crippen LogP contribution is 2.24. The summed E-state index contributed by atoms with van der Waals surface area (Å²) in [5.41, 5.74) is 7.17. The van der Waals surface area contributed by atoms with Gasteiger partial charge >= 0.3 is 0 Å². The second kappa shape index (κ2) is 4.33. The number of para-hydroxylation sites is 1. The maximum Gasteiger partial charge on any atom is 0.101 e. The predicted octanol–water partition coefficient (Wildman–Crippen LogP) is 1.73. The van der Waals surface area contributed by atoms with Gasteiger partial charge in [-0.1, -0.05) is 12.1 Å². The Morgan fingerprint density at radius 2 is 2.00 bits per heavy atom. The standard InChI is InChI=1S/C12H17N3/c1-12(2,9-14)15(3)11-7-5-4-6-10(11)8-13/h4-7H,9,14H2,1-3H3. The molecule has 2 N–H and O–H groups in total. The average molecular weight is 203 g/mol. The van der Waals surface area contributed by atoms with Gasteiger partial charge in [0.25, 0.3) is 0 Å². The fourth-order valence-electron chi connectivity index (χ4n) is 1.32. The second-order valence-electron chi connectivity index (χ2n) is 4.20. The lowest BCUT2D eigenvalue weighted by Crippen LogP contribution is -2.47. The lowest BCUT2D eigenvalue weighted by atomic mass is 10.0. The molecule has 0 unspecified atom stereocenters. The first kappa shape index (κ1) is 11.5. The van der Waals surface area contributed by atoms with Crippen LogP contribution in [0.15, 0.2) is 24.3 Å². The highest BCUT2D eigenvalue weighted by molar-refractivity contribution is 5.60. The monoisotopic (exact) mass is 203 g/mol. The van der Waals surface area contributed by atoms with Crippen LogP contribution < -0.4 is 10.6 Å². The molecule has 1 rings (SSSR count). The Labute approximate surface area is 91.1 Å². The summed E-state index contributed by atoms with van der Waals surface area (Å²) in [5, 5.41) is 9.00. The Balaban J connectivity index is 3.12. The van der Waals surface area contributed by atoms with Gasteiger partial charge < -0.3 is 10.6 Å². The molecule has 0 aliphatic rings. The van der Waals surface area contributed by atoms with Gasteiger partial charge in [0.2, 0.25) is 0 Å². The number of rotatable bonds is 3. The normalized spacial score (nSPS) is 10.9. The molecule has 0 atom stereocenters. The van der Waals surface area contributed by atoms with Crippen LogP contribution >= 0.6 is 0 Å². The van der Waals surface area contributed by atoms with Crippen LogP contribution in [0.5, 0.6) is 0 Å². The van der Waals surface area contributed by atoms with Crippen LogP contribution in [0.25, 0.3) is 0 Å². The fraction of sp³-hybridized carbons (Fsp3) is 0.417. The van der Waals surface area contributed by atoms with Crippen molar-refractivity contribution in [3.05, 3.63) is 29.8 Å². The van der Waals surface area contributed by atoms with E-state index in [2.05, 4.69) is 19.9 Å². The van der Waals surface area contributed by atoms with Crippen LogP contribution in [0.1, 0.15) is 19.4 Å². The molecule has 0 radical (unpaired) electrons. The lowest BCUT2D eigenvalue weighted by molar-refractivity contribution is 0.498. The quantitative estimate of drug-likeness (QED) is 0.814. The van der Waals surface area contributed by atoms with E-state index in [1.165, 1.54) is 0 Å². The predicted molar refractivity (Wildman–Crippen MR) is 62.7 cm³/mol. The number of nitriles is 1. The molecular weight excluding hydrogens is 186 g/mol. The van der Waals surface area contributed by atoms with E-state index in [1.54, 1.807) is 0 Å². The maximum atomic E-state index is 9.00. The maximum absolute atomic E-state index is 9.00. The van der Waals surface area contributed by atoms with Crippen molar-refractivity contribution < 1.29 is 0 Å². The largest absolute Gasteiger partial charge is 0.367 e. The van der Waals surface area contributed by atoms with Crippen LogP contribution in [0.2, 0.25) is 0 Å². The van der Waals surface area contributed by atoms with Gasteiger partial charge in [0.05, 0.1) is 11.3 Å². The number of anilines is 1. The molecule has 0 fully saturated rings. The lowest BCUT2D eigenvalue weighted by Gasteiger charge is -2.36. The Morgan fingerprint density at radius 1 is 1.40 bits per heavy atom. The van der Waals surface area contributed by atoms with E-state index in [9.17, 15) is 0 Å². The molecular formula is C12H17N3. The van der Waals surface area contributed by atoms with Gasteiger partial charge in [-0.3, -0.25) is 0 Å². The summed E-state index contributed by atoms with van der Waals surface area (Å²) >= 11 is 0. The smallest absolute Gasteiger partial charge is 0.101 e. The molecule has 0 aromatic heterocycles. The zero-order valence-corrected chi connectivity index (χ0v) is 9.49. The summed E-state index contributed by atoms with van der Waals surface area (Å²) in [4.78, 5) is 2.05. The second-order valence-corrected chi connectivity index (χ2v) is 4.20. The fourth-order valence-corrected chi connectivity index (χ4v) is 1.32. The summed E-state index contributed by atoms with van der Waals surface area (Å²) in [6.45, 7) is 4.66. The van der Waals surface area contributed by atoms with Gasteiger partial charge in [0.1, 0.15) is 6.07 Å². The van der Waals surface area contributed by atoms with E-state index in [0.717, 1.165) is 5.69 Å². The van der Waals surface area contributed by atoms with Crippen molar-refractivity contribution in [3.8, 4) is 6.07 Å². The molecule has 0 aliphatic heterocycles. The van der Waals surface area contributed by atoms with E-state index >= 15 is 0 Å². The SMILES string of the molecule is CN(c1ccccc1C#N)C(C)(C)CN. The molecule has 80 valence electrons. The molecule has 1 aromatic carbocycles. The number of hydrogen-bond donors (Lipinski definition) is 1. The first-order chi connectivity index (χ1) is 7.03. The Bertz CT molecular complexity index is 377. The first-order valence-electron chi connectivity index (χ1n) is 4.96. The highest BCUT2D eigenvalue weighted by Gasteiger charge is 2.23. The van der Waals surface area contributed by atoms with E-state index in [0.29, 0.717) is 12.1 Å². The average Bonchev–Trinajstić information content (AvgIpc) is 2.28. The van der Waals surface area contributed by atoms with Gasteiger partial charge in [0.15, 0.2) is 0 Å². The molecule has 15 heavy (non-hydrogen) atoms. The Hall–Kier alpha value is -1.53. The van der Waals surface area contributed by atoms with E-state index < -0.39 is 0 Å². The van der Waals surface area contributed by atoms with Gasteiger partial charge in [-0.05, 0) is 26.0 Å². The highest BCUT2D eigenvalue weighted by atomic mass is 15.2. The molecule has 0 saturated heterocycles. The van der Waals surface area contributed by atoms with Crippen LogP contribution in [-0.4, -0.2) is 19.1 Å². The summed E-state index contributed by atoms with van der Waals surface area (Å²) < 4.78 is 0. The van der Waals surface area contributed by atoms with Gasteiger partial charge in [-0.2, -0.15) is 5.26 Å². The van der Waals surface area contributed by atoms with Crippen LogP contribution in [0, 0.1) is 11.3 Å². The molecule has 0 bridgehead atoms. The van der Waals surface area contributed by atoms with Crippen LogP contribution in [-0.2, 0) is 0 Å². The van der Waals surface area contributed by atoms with Crippen LogP contribution in [0.4, 0.5) is 5.69 Å². The molecule has 3 nitrogen and oxygen atoms in total. The number of nitrogens with two attached hydrogens (primary N) is 1. The third-order valence-electron chi connectivity index (χ3n) is 2.79. The number of likely N-dealkylation sites (N-methyl/N-ethyl adjacent to an activating group) is 1.